The zero-order valence-electron chi connectivity index (χ0n) is 11.0. The second-order valence-electron chi connectivity index (χ2n) is 4.60. The second kappa shape index (κ2) is 5.34. The number of allylic oxidation sites excluding steroid dienone is 1. The molecule has 0 saturated carbocycles. The first kappa shape index (κ1) is 14.4. The summed E-state index contributed by atoms with van der Waals surface area (Å²) < 4.78 is 6.11. The Balaban J connectivity index is 2.38. The summed E-state index contributed by atoms with van der Waals surface area (Å²) in [5.74, 6) is -0.849. The molecule has 1 aromatic carbocycles. The van der Waals surface area contributed by atoms with Crippen LogP contribution in [-0.2, 0) is 0 Å². The molecule has 22 heavy (non-hydrogen) atoms. The predicted octanol–water partition coefficient (Wildman–Crippen LogP) is 0.886. The molecule has 0 spiro atoms. The van der Waals surface area contributed by atoms with Gasteiger partial charge in [0.1, 0.15) is 11.6 Å². The first-order chi connectivity index (χ1) is 10.5. The first-order valence-corrected chi connectivity index (χ1v) is 7.29. The Morgan fingerprint density at radius 3 is 2.68 bits per heavy atom. The highest BCUT2D eigenvalue weighted by molar-refractivity contribution is 14.1. The summed E-state index contributed by atoms with van der Waals surface area (Å²) in [6, 6.07) is 9.31. The van der Waals surface area contributed by atoms with E-state index in [0.717, 1.165) is 9.13 Å². The number of nitrogens with zero attached hydrogens (tertiary/aromatic N) is 1. The molecule has 0 aliphatic carbocycles. The summed E-state index contributed by atoms with van der Waals surface area (Å²) >= 11 is 2.12. The van der Waals surface area contributed by atoms with Crippen molar-refractivity contribution >= 4 is 22.6 Å². The number of H-pyrrole nitrogens is 2. The van der Waals surface area contributed by atoms with Crippen LogP contribution >= 0.6 is 22.6 Å². The second-order valence-corrected chi connectivity index (χ2v) is 5.76. The minimum absolute atomic E-state index is 0.0325. The van der Waals surface area contributed by atoms with Gasteiger partial charge in [0.2, 0.25) is 11.8 Å². The molecule has 0 fully saturated rings. The lowest BCUT2D eigenvalue weighted by Crippen LogP contribution is -2.33. The van der Waals surface area contributed by atoms with E-state index in [1.54, 1.807) is 12.1 Å². The first-order valence-electron chi connectivity index (χ1n) is 6.21. The summed E-state index contributed by atoms with van der Waals surface area (Å²) in [6.07, 6.45) is 0. The van der Waals surface area contributed by atoms with Gasteiger partial charge in [-0.2, -0.15) is 5.26 Å². The van der Waals surface area contributed by atoms with E-state index >= 15 is 0 Å². The van der Waals surface area contributed by atoms with Crippen LogP contribution in [0.25, 0.3) is 0 Å². The molecule has 2 heterocycles. The van der Waals surface area contributed by atoms with E-state index in [4.69, 9.17) is 10.5 Å². The summed E-state index contributed by atoms with van der Waals surface area (Å²) in [5.41, 5.74) is 5.51. The maximum absolute atomic E-state index is 12.2. The molecule has 2 aromatic rings. The maximum atomic E-state index is 12.2. The van der Waals surface area contributed by atoms with Crippen molar-refractivity contribution in [3.63, 3.8) is 0 Å². The quantitative estimate of drug-likeness (QED) is 0.605. The van der Waals surface area contributed by atoms with E-state index in [0.29, 0.717) is 0 Å². The Morgan fingerprint density at radius 1 is 1.27 bits per heavy atom. The molecule has 7 nitrogen and oxygen atoms in total. The summed E-state index contributed by atoms with van der Waals surface area (Å²) in [4.78, 5) is 28.2. The molecule has 0 unspecified atom stereocenters. The van der Waals surface area contributed by atoms with Crippen molar-refractivity contribution in [1.29, 1.82) is 5.26 Å². The maximum Gasteiger partial charge on any atom is 0.328 e. The minimum atomic E-state index is -0.696. The van der Waals surface area contributed by atoms with Crippen molar-refractivity contribution in [2.75, 3.05) is 0 Å². The lowest BCUT2D eigenvalue weighted by molar-refractivity contribution is 0.373. The molecule has 0 radical (unpaired) electrons. The summed E-state index contributed by atoms with van der Waals surface area (Å²) in [6.45, 7) is 0. The highest BCUT2D eigenvalue weighted by Gasteiger charge is 2.34. The van der Waals surface area contributed by atoms with Crippen LogP contribution in [0.5, 0.6) is 5.88 Å². The Morgan fingerprint density at radius 2 is 2.00 bits per heavy atom. The average Bonchev–Trinajstić information content (AvgIpc) is 2.46. The number of ether oxygens (including phenoxy) is 1. The monoisotopic (exact) mass is 408 g/mol. The molecular formula is C14H9IN4O3. The number of hydrogen-bond acceptors (Lipinski definition) is 5. The fraction of sp³-hybridized carbons (Fsp3) is 0.0714. The van der Waals surface area contributed by atoms with Crippen LogP contribution in [0.15, 0.2) is 45.3 Å². The number of benzene rings is 1. The number of nitrogens with one attached hydrogen (secondary N) is 2. The highest BCUT2D eigenvalue weighted by Crippen LogP contribution is 2.39. The SMILES string of the molecule is N#CC1=C(N)Oc2[nH]c(=O)[nH]c(=O)c2[C@H]1c1ccccc1I. The normalized spacial score (nSPS) is 16.6. The number of aromatic nitrogens is 2. The van der Waals surface area contributed by atoms with E-state index in [2.05, 4.69) is 32.6 Å². The fourth-order valence-corrected chi connectivity index (χ4v) is 3.11. The molecule has 4 N–H and O–H groups in total. The van der Waals surface area contributed by atoms with Gasteiger partial charge in [0, 0.05) is 3.57 Å². The molecule has 3 rings (SSSR count). The van der Waals surface area contributed by atoms with Crippen LogP contribution in [0.2, 0.25) is 0 Å². The number of nitrogens with two attached hydrogens (primary N) is 1. The van der Waals surface area contributed by atoms with E-state index in [9.17, 15) is 14.9 Å². The molecule has 0 bridgehead atoms. The van der Waals surface area contributed by atoms with Crippen LogP contribution in [-0.4, -0.2) is 9.97 Å². The molecule has 1 aliphatic heterocycles. The summed E-state index contributed by atoms with van der Waals surface area (Å²) in [7, 11) is 0. The highest BCUT2D eigenvalue weighted by atomic mass is 127. The third-order valence-electron chi connectivity index (χ3n) is 3.33. The van der Waals surface area contributed by atoms with E-state index in [1.165, 1.54) is 0 Å². The van der Waals surface area contributed by atoms with E-state index < -0.39 is 17.2 Å². The van der Waals surface area contributed by atoms with Gasteiger partial charge >= 0.3 is 5.69 Å². The van der Waals surface area contributed by atoms with Crippen molar-refractivity contribution < 1.29 is 4.74 Å². The van der Waals surface area contributed by atoms with E-state index in [1.807, 2.05) is 18.2 Å². The van der Waals surface area contributed by atoms with Crippen molar-refractivity contribution in [3.8, 4) is 11.9 Å². The molecule has 0 amide bonds. The van der Waals surface area contributed by atoms with Gasteiger partial charge in [0.25, 0.3) is 5.56 Å². The van der Waals surface area contributed by atoms with Gasteiger partial charge in [-0.25, -0.2) is 4.79 Å². The van der Waals surface area contributed by atoms with Crippen LogP contribution in [0.3, 0.4) is 0 Å². The predicted molar refractivity (Wildman–Crippen MR) is 86.1 cm³/mol. The zero-order chi connectivity index (χ0) is 15.9. The number of fused-ring (bicyclic) bond motifs is 1. The molecule has 8 heteroatoms. The molecular weight excluding hydrogens is 399 g/mol. The molecule has 1 aromatic heterocycles. The fourth-order valence-electron chi connectivity index (χ4n) is 2.41. The third kappa shape index (κ3) is 2.19. The minimum Gasteiger partial charge on any atom is -0.424 e. The van der Waals surface area contributed by atoms with Crippen molar-refractivity contribution in [1.82, 2.24) is 9.97 Å². The van der Waals surface area contributed by atoms with Crippen molar-refractivity contribution in [2.45, 2.75) is 5.92 Å². The van der Waals surface area contributed by atoms with Gasteiger partial charge in [-0.3, -0.25) is 14.8 Å². The molecule has 1 atom stereocenters. The van der Waals surface area contributed by atoms with Gasteiger partial charge in [-0.1, -0.05) is 18.2 Å². The molecule has 0 saturated heterocycles. The van der Waals surface area contributed by atoms with Crippen LogP contribution in [0.1, 0.15) is 17.0 Å². The Labute approximate surface area is 137 Å². The Kier molecular flexibility index (Phi) is 3.50. The lowest BCUT2D eigenvalue weighted by atomic mass is 9.85. The number of hydrogen-bond donors (Lipinski definition) is 3. The number of rotatable bonds is 1. The van der Waals surface area contributed by atoms with Crippen LogP contribution < -0.4 is 21.7 Å². The van der Waals surface area contributed by atoms with Gasteiger partial charge < -0.3 is 10.5 Å². The number of halogens is 1. The average molecular weight is 408 g/mol. The third-order valence-corrected chi connectivity index (χ3v) is 4.32. The van der Waals surface area contributed by atoms with Gasteiger partial charge in [-0.15, -0.1) is 0 Å². The lowest BCUT2D eigenvalue weighted by Gasteiger charge is -2.25. The largest absolute Gasteiger partial charge is 0.424 e. The van der Waals surface area contributed by atoms with E-state index in [-0.39, 0.29) is 22.9 Å². The smallest absolute Gasteiger partial charge is 0.328 e. The number of nitriles is 1. The standard InChI is InChI=1S/C14H9IN4O3/c15-8-4-2-1-3-6(8)9-7(5-16)11(17)22-13-10(9)12(20)18-14(21)19-13/h1-4,9H,17H2,(H2,18,19,20,21)/t9-/m0/s1. The zero-order valence-corrected chi connectivity index (χ0v) is 13.2. The van der Waals surface area contributed by atoms with Crippen molar-refractivity contribution in [3.05, 3.63) is 71.3 Å². The topological polar surface area (TPSA) is 125 Å². The Bertz CT molecular complexity index is 952. The Hall–Kier alpha value is -2.54. The van der Waals surface area contributed by atoms with Crippen LogP contribution in [0, 0.1) is 14.9 Å². The molecule has 110 valence electrons. The molecule has 1 aliphatic rings. The van der Waals surface area contributed by atoms with Crippen molar-refractivity contribution in [2.24, 2.45) is 5.73 Å². The van der Waals surface area contributed by atoms with Crippen LogP contribution in [0.4, 0.5) is 0 Å². The van der Waals surface area contributed by atoms with Gasteiger partial charge in [0.15, 0.2) is 0 Å². The summed E-state index contributed by atoms with van der Waals surface area (Å²) in [5, 5.41) is 9.40. The van der Waals surface area contributed by atoms with Gasteiger partial charge in [0.05, 0.1) is 11.5 Å². The number of aromatic amines is 2. The van der Waals surface area contributed by atoms with Gasteiger partial charge in [-0.05, 0) is 34.2 Å².